The minimum atomic E-state index is 0.450. The quantitative estimate of drug-likeness (QED) is 0.796. The molecule has 0 aliphatic rings. The minimum absolute atomic E-state index is 0.450. The Bertz CT molecular complexity index is 491. The molecule has 0 bridgehead atoms. The number of hydrogen-bond donors (Lipinski definition) is 0. The lowest BCUT2D eigenvalue weighted by Crippen LogP contribution is -2.33. The summed E-state index contributed by atoms with van der Waals surface area (Å²) in [5.74, 6) is 1.08. The van der Waals surface area contributed by atoms with Crippen LogP contribution in [0.25, 0.3) is 10.8 Å². The van der Waals surface area contributed by atoms with Crippen molar-refractivity contribution in [2.45, 2.75) is 19.9 Å². The molecule has 1 aromatic carbocycles. The summed E-state index contributed by atoms with van der Waals surface area (Å²) < 4.78 is 0. The van der Waals surface area contributed by atoms with Crippen LogP contribution in [-0.2, 0) is 0 Å². The van der Waals surface area contributed by atoms with E-state index in [9.17, 15) is 0 Å². The fourth-order valence-corrected chi connectivity index (χ4v) is 2.41. The van der Waals surface area contributed by atoms with E-state index in [1.165, 1.54) is 10.8 Å². The van der Waals surface area contributed by atoms with Gasteiger partial charge in [-0.25, -0.2) is 4.98 Å². The Kier molecular flexibility index (Phi) is 4.00. The van der Waals surface area contributed by atoms with Crippen molar-refractivity contribution in [2.75, 3.05) is 16.8 Å². The average Bonchev–Trinajstić information content (AvgIpc) is 2.35. The molecule has 0 radical (unpaired) electrons. The second-order valence-electron chi connectivity index (χ2n) is 4.33. The fourth-order valence-electron chi connectivity index (χ4n) is 2.03. The van der Waals surface area contributed by atoms with Gasteiger partial charge in [0, 0.05) is 29.5 Å². The molecule has 0 amide bonds. The molecule has 0 aliphatic carbocycles. The molecule has 17 heavy (non-hydrogen) atoms. The number of fused-ring (bicyclic) bond motifs is 1. The van der Waals surface area contributed by atoms with E-state index in [4.69, 9.17) is 0 Å². The molecule has 2 rings (SSSR count). The van der Waals surface area contributed by atoms with Crippen LogP contribution in [0.15, 0.2) is 36.5 Å². The number of anilines is 1. The first-order valence-electron chi connectivity index (χ1n) is 5.90. The fraction of sp³-hybridized carbons (Fsp3) is 0.357. The van der Waals surface area contributed by atoms with Crippen molar-refractivity contribution in [3.8, 4) is 0 Å². The third-order valence-electron chi connectivity index (χ3n) is 2.87. The van der Waals surface area contributed by atoms with E-state index >= 15 is 0 Å². The first-order chi connectivity index (χ1) is 8.24. The molecule has 2 nitrogen and oxygen atoms in total. The molecule has 2 aromatic rings. The van der Waals surface area contributed by atoms with Crippen LogP contribution < -0.4 is 4.90 Å². The second kappa shape index (κ2) is 5.50. The number of pyridine rings is 1. The maximum Gasteiger partial charge on any atom is 0.136 e. The Labute approximate surface area is 111 Å². The highest BCUT2D eigenvalue weighted by molar-refractivity contribution is 9.09. The number of hydrogen-bond acceptors (Lipinski definition) is 2. The van der Waals surface area contributed by atoms with Crippen molar-refractivity contribution >= 4 is 32.5 Å². The van der Waals surface area contributed by atoms with Gasteiger partial charge in [-0.2, -0.15) is 0 Å². The molecule has 1 aromatic heterocycles. The summed E-state index contributed by atoms with van der Waals surface area (Å²) in [7, 11) is 0. The third kappa shape index (κ3) is 2.60. The van der Waals surface area contributed by atoms with Gasteiger partial charge in [0.05, 0.1) is 0 Å². The lowest BCUT2D eigenvalue weighted by Gasteiger charge is -2.28. The van der Waals surface area contributed by atoms with Crippen LogP contribution in [0.5, 0.6) is 0 Å². The van der Waals surface area contributed by atoms with E-state index in [2.05, 4.69) is 70.0 Å². The van der Waals surface area contributed by atoms with E-state index < -0.39 is 0 Å². The van der Waals surface area contributed by atoms with Crippen LogP contribution >= 0.6 is 15.9 Å². The zero-order valence-corrected chi connectivity index (χ0v) is 11.8. The molecule has 0 saturated carbocycles. The normalized spacial score (nSPS) is 11.1. The van der Waals surface area contributed by atoms with E-state index in [1.54, 1.807) is 0 Å². The summed E-state index contributed by atoms with van der Waals surface area (Å²) in [5.41, 5.74) is 0. The van der Waals surface area contributed by atoms with E-state index in [0.717, 1.165) is 17.7 Å². The highest BCUT2D eigenvalue weighted by atomic mass is 79.9. The van der Waals surface area contributed by atoms with Crippen LogP contribution in [0.1, 0.15) is 13.8 Å². The summed E-state index contributed by atoms with van der Waals surface area (Å²) in [6, 6.07) is 10.9. The summed E-state index contributed by atoms with van der Waals surface area (Å²) in [5, 5.41) is 3.43. The van der Waals surface area contributed by atoms with Crippen LogP contribution in [0.2, 0.25) is 0 Å². The standard InChI is InChI=1S/C14H17BrN2/c1-11(2)17(10-8-15)14-13-6-4-3-5-12(13)7-9-16-14/h3-7,9,11H,8,10H2,1-2H3. The molecule has 0 saturated heterocycles. The maximum absolute atomic E-state index is 4.55. The monoisotopic (exact) mass is 292 g/mol. The first kappa shape index (κ1) is 12.4. The zero-order valence-electron chi connectivity index (χ0n) is 10.2. The molecule has 1 heterocycles. The van der Waals surface area contributed by atoms with E-state index in [0.29, 0.717) is 6.04 Å². The topological polar surface area (TPSA) is 16.1 Å². The molecular formula is C14H17BrN2. The van der Waals surface area contributed by atoms with Crippen molar-refractivity contribution in [3.05, 3.63) is 36.5 Å². The average molecular weight is 293 g/mol. The molecule has 0 spiro atoms. The van der Waals surface area contributed by atoms with Gasteiger partial charge >= 0.3 is 0 Å². The van der Waals surface area contributed by atoms with Crippen molar-refractivity contribution < 1.29 is 0 Å². The van der Waals surface area contributed by atoms with Gasteiger partial charge in [-0.15, -0.1) is 0 Å². The molecular weight excluding hydrogens is 276 g/mol. The second-order valence-corrected chi connectivity index (χ2v) is 5.12. The number of halogens is 1. The molecule has 0 unspecified atom stereocenters. The summed E-state index contributed by atoms with van der Waals surface area (Å²) in [6.45, 7) is 5.37. The maximum atomic E-state index is 4.55. The number of nitrogens with zero attached hydrogens (tertiary/aromatic N) is 2. The predicted octanol–water partition coefficient (Wildman–Crippen LogP) is 3.84. The van der Waals surface area contributed by atoms with Crippen molar-refractivity contribution in [3.63, 3.8) is 0 Å². The Hall–Kier alpha value is -1.09. The first-order valence-corrected chi connectivity index (χ1v) is 7.02. The predicted molar refractivity (Wildman–Crippen MR) is 78.0 cm³/mol. The lowest BCUT2D eigenvalue weighted by molar-refractivity contribution is 0.701. The summed E-state index contributed by atoms with van der Waals surface area (Å²) in [4.78, 5) is 6.88. The van der Waals surface area contributed by atoms with Crippen molar-refractivity contribution in [2.24, 2.45) is 0 Å². The van der Waals surface area contributed by atoms with Gasteiger partial charge in [-0.1, -0.05) is 40.2 Å². The van der Waals surface area contributed by atoms with Crippen LogP contribution in [0.4, 0.5) is 5.82 Å². The molecule has 0 atom stereocenters. The number of rotatable bonds is 4. The van der Waals surface area contributed by atoms with Gasteiger partial charge in [0.25, 0.3) is 0 Å². The third-order valence-corrected chi connectivity index (χ3v) is 3.23. The highest BCUT2D eigenvalue weighted by Crippen LogP contribution is 2.25. The van der Waals surface area contributed by atoms with E-state index in [1.807, 2.05) is 6.20 Å². The number of alkyl halides is 1. The smallest absolute Gasteiger partial charge is 0.136 e. The molecule has 0 aliphatic heterocycles. The Morgan fingerprint density at radius 3 is 2.71 bits per heavy atom. The largest absolute Gasteiger partial charge is 0.353 e. The van der Waals surface area contributed by atoms with E-state index in [-0.39, 0.29) is 0 Å². The number of aromatic nitrogens is 1. The zero-order chi connectivity index (χ0) is 12.3. The van der Waals surface area contributed by atoms with Crippen molar-refractivity contribution in [1.29, 1.82) is 0 Å². The Morgan fingerprint density at radius 2 is 2.00 bits per heavy atom. The molecule has 0 N–H and O–H groups in total. The van der Waals surface area contributed by atoms with Gasteiger partial charge in [0.1, 0.15) is 5.82 Å². The van der Waals surface area contributed by atoms with Gasteiger partial charge < -0.3 is 4.90 Å². The SMILES string of the molecule is CC(C)N(CCBr)c1nccc2ccccc12. The summed E-state index contributed by atoms with van der Waals surface area (Å²) in [6.07, 6.45) is 1.89. The highest BCUT2D eigenvalue weighted by Gasteiger charge is 2.13. The van der Waals surface area contributed by atoms with Crippen molar-refractivity contribution in [1.82, 2.24) is 4.98 Å². The Morgan fingerprint density at radius 1 is 1.24 bits per heavy atom. The van der Waals surface area contributed by atoms with Crippen LogP contribution in [0.3, 0.4) is 0 Å². The molecule has 90 valence electrons. The van der Waals surface area contributed by atoms with Crippen LogP contribution in [-0.4, -0.2) is 22.9 Å². The minimum Gasteiger partial charge on any atom is -0.353 e. The molecule has 3 heteroatoms. The van der Waals surface area contributed by atoms with Gasteiger partial charge in [0.2, 0.25) is 0 Å². The van der Waals surface area contributed by atoms with Crippen LogP contribution in [0, 0.1) is 0 Å². The lowest BCUT2D eigenvalue weighted by atomic mass is 10.1. The van der Waals surface area contributed by atoms with Gasteiger partial charge in [-0.05, 0) is 25.3 Å². The number of benzene rings is 1. The molecule has 0 fully saturated rings. The Balaban J connectivity index is 2.52. The van der Waals surface area contributed by atoms with Gasteiger partial charge in [-0.3, -0.25) is 0 Å². The summed E-state index contributed by atoms with van der Waals surface area (Å²) >= 11 is 3.51. The van der Waals surface area contributed by atoms with Gasteiger partial charge in [0.15, 0.2) is 0 Å².